The highest BCUT2D eigenvalue weighted by Gasteiger charge is 2.18. The van der Waals surface area contributed by atoms with Gasteiger partial charge in [-0.25, -0.2) is 0 Å². The first-order valence-electron chi connectivity index (χ1n) is 4.34. The molecule has 0 bridgehead atoms. The quantitative estimate of drug-likeness (QED) is 0.817. The van der Waals surface area contributed by atoms with E-state index in [0.29, 0.717) is 0 Å². The highest BCUT2D eigenvalue weighted by Crippen LogP contribution is 2.39. The molecule has 1 aliphatic heterocycles. The van der Waals surface area contributed by atoms with Gasteiger partial charge in [0.15, 0.2) is 0 Å². The first-order valence-corrected chi connectivity index (χ1v) is 5.13. The van der Waals surface area contributed by atoms with Crippen molar-refractivity contribution in [2.75, 3.05) is 19.0 Å². The van der Waals surface area contributed by atoms with Crippen molar-refractivity contribution in [1.82, 2.24) is 0 Å². The second-order valence-corrected chi connectivity index (χ2v) is 4.03. The molecule has 1 aromatic rings. The Morgan fingerprint density at radius 2 is 2.31 bits per heavy atom. The average Bonchev–Trinajstić information content (AvgIpc) is 2.60. The fourth-order valence-corrected chi connectivity index (χ4v) is 2.44. The molecule has 70 valence electrons. The standard InChI is InChI=1S/C10H12BrNO/c1-6-5-8(13-2)9(11)7-3-4-12-10(6)7/h5,12H,3-4H2,1-2H3. The van der Waals surface area contributed by atoms with E-state index in [-0.39, 0.29) is 0 Å². The van der Waals surface area contributed by atoms with Crippen molar-refractivity contribution < 1.29 is 4.74 Å². The number of hydrogen-bond donors (Lipinski definition) is 1. The maximum atomic E-state index is 5.28. The smallest absolute Gasteiger partial charge is 0.133 e. The van der Waals surface area contributed by atoms with Gasteiger partial charge in [-0.05, 0) is 46.5 Å². The van der Waals surface area contributed by atoms with Crippen LogP contribution in [-0.2, 0) is 6.42 Å². The zero-order valence-corrected chi connectivity index (χ0v) is 9.36. The Morgan fingerprint density at radius 1 is 1.54 bits per heavy atom. The van der Waals surface area contributed by atoms with E-state index in [1.165, 1.54) is 16.8 Å². The molecule has 0 aromatic heterocycles. The lowest BCUT2D eigenvalue weighted by Crippen LogP contribution is -1.93. The van der Waals surface area contributed by atoms with Gasteiger partial charge in [-0.3, -0.25) is 0 Å². The number of aryl methyl sites for hydroxylation is 1. The SMILES string of the molecule is COc1cc(C)c2c(c1Br)CCN2. The van der Waals surface area contributed by atoms with Crippen LogP contribution in [0, 0.1) is 6.92 Å². The largest absolute Gasteiger partial charge is 0.496 e. The fourth-order valence-electron chi connectivity index (χ4n) is 1.77. The van der Waals surface area contributed by atoms with E-state index in [9.17, 15) is 0 Å². The molecule has 0 unspecified atom stereocenters. The van der Waals surface area contributed by atoms with Gasteiger partial charge in [0, 0.05) is 12.2 Å². The number of nitrogens with one attached hydrogen (secondary N) is 1. The molecule has 0 amide bonds. The van der Waals surface area contributed by atoms with Crippen LogP contribution in [0.3, 0.4) is 0 Å². The first kappa shape index (κ1) is 8.88. The summed E-state index contributed by atoms with van der Waals surface area (Å²) in [6.45, 7) is 3.13. The molecular weight excluding hydrogens is 230 g/mol. The van der Waals surface area contributed by atoms with E-state index in [2.05, 4.69) is 34.2 Å². The zero-order valence-electron chi connectivity index (χ0n) is 7.78. The van der Waals surface area contributed by atoms with Crippen molar-refractivity contribution in [3.63, 3.8) is 0 Å². The Labute approximate surface area is 86.4 Å². The third kappa shape index (κ3) is 1.31. The Morgan fingerprint density at radius 3 is 3.00 bits per heavy atom. The van der Waals surface area contributed by atoms with E-state index in [4.69, 9.17) is 4.74 Å². The molecule has 1 N–H and O–H groups in total. The second kappa shape index (κ2) is 3.22. The average molecular weight is 242 g/mol. The van der Waals surface area contributed by atoms with Crippen LogP contribution in [0.5, 0.6) is 5.75 Å². The van der Waals surface area contributed by atoms with Crippen molar-refractivity contribution in [2.24, 2.45) is 0 Å². The van der Waals surface area contributed by atoms with Crippen LogP contribution in [0.1, 0.15) is 11.1 Å². The lowest BCUT2D eigenvalue weighted by atomic mass is 10.1. The number of fused-ring (bicyclic) bond motifs is 1. The third-order valence-electron chi connectivity index (χ3n) is 2.42. The van der Waals surface area contributed by atoms with Gasteiger partial charge in [0.25, 0.3) is 0 Å². The lowest BCUT2D eigenvalue weighted by Gasteiger charge is -2.10. The number of ether oxygens (including phenoxy) is 1. The normalized spacial score (nSPS) is 13.8. The fraction of sp³-hybridized carbons (Fsp3) is 0.400. The molecule has 0 fully saturated rings. The molecule has 1 aromatic carbocycles. The van der Waals surface area contributed by atoms with E-state index in [0.717, 1.165) is 23.2 Å². The molecule has 0 saturated carbocycles. The Bertz CT molecular complexity index is 349. The summed E-state index contributed by atoms with van der Waals surface area (Å²) in [5.41, 5.74) is 3.87. The van der Waals surface area contributed by atoms with Crippen LogP contribution in [0.25, 0.3) is 0 Å². The molecule has 0 radical (unpaired) electrons. The maximum Gasteiger partial charge on any atom is 0.133 e. The summed E-state index contributed by atoms with van der Waals surface area (Å²) < 4.78 is 6.37. The van der Waals surface area contributed by atoms with E-state index >= 15 is 0 Å². The van der Waals surface area contributed by atoms with Crippen LogP contribution in [0.15, 0.2) is 10.5 Å². The van der Waals surface area contributed by atoms with Crippen LogP contribution in [0.4, 0.5) is 5.69 Å². The van der Waals surface area contributed by atoms with Crippen LogP contribution in [-0.4, -0.2) is 13.7 Å². The molecule has 13 heavy (non-hydrogen) atoms. The van der Waals surface area contributed by atoms with Gasteiger partial charge in [0.2, 0.25) is 0 Å². The predicted octanol–water partition coefficient (Wildman–Crippen LogP) is 2.73. The summed E-state index contributed by atoms with van der Waals surface area (Å²) in [6.07, 6.45) is 1.08. The minimum absolute atomic E-state index is 0.931. The van der Waals surface area contributed by atoms with Gasteiger partial charge >= 0.3 is 0 Å². The minimum atomic E-state index is 0.931. The second-order valence-electron chi connectivity index (χ2n) is 3.24. The van der Waals surface area contributed by atoms with Gasteiger partial charge in [0.1, 0.15) is 5.75 Å². The lowest BCUT2D eigenvalue weighted by molar-refractivity contribution is 0.411. The zero-order chi connectivity index (χ0) is 9.42. The predicted molar refractivity (Wildman–Crippen MR) is 57.6 cm³/mol. The summed E-state index contributed by atoms with van der Waals surface area (Å²) >= 11 is 3.56. The van der Waals surface area contributed by atoms with Gasteiger partial charge < -0.3 is 10.1 Å². The topological polar surface area (TPSA) is 21.3 Å². The number of benzene rings is 1. The van der Waals surface area contributed by atoms with Crippen molar-refractivity contribution >= 4 is 21.6 Å². The molecule has 1 heterocycles. The molecule has 0 saturated heterocycles. The van der Waals surface area contributed by atoms with Crippen LogP contribution in [0.2, 0.25) is 0 Å². The summed E-state index contributed by atoms with van der Waals surface area (Å²) in [7, 11) is 1.70. The molecule has 2 nitrogen and oxygen atoms in total. The van der Waals surface area contributed by atoms with Crippen molar-refractivity contribution in [3.05, 3.63) is 21.7 Å². The van der Waals surface area contributed by atoms with Gasteiger partial charge in [-0.2, -0.15) is 0 Å². The Hall–Kier alpha value is -0.700. The molecule has 3 heteroatoms. The molecule has 0 aliphatic carbocycles. The maximum absolute atomic E-state index is 5.28. The van der Waals surface area contributed by atoms with Crippen molar-refractivity contribution in [2.45, 2.75) is 13.3 Å². The van der Waals surface area contributed by atoms with Gasteiger partial charge in [-0.1, -0.05) is 0 Å². The highest BCUT2D eigenvalue weighted by molar-refractivity contribution is 9.10. The highest BCUT2D eigenvalue weighted by atomic mass is 79.9. The Balaban J connectivity index is 2.62. The molecule has 0 spiro atoms. The summed E-state index contributed by atoms with van der Waals surface area (Å²) in [4.78, 5) is 0. The monoisotopic (exact) mass is 241 g/mol. The van der Waals surface area contributed by atoms with E-state index in [1.54, 1.807) is 7.11 Å². The minimum Gasteiger partial charge on any atom is -0.496 e. The van der Waals surface area contributed by atoms with E-state index < -0.39 is 0 Å². The Kier molecular flexibility index (Phi) is 2.20. The number of anilines is 1. The van der Waals surface area contributed by atoms with E-state index in [1.807, 2.05) is 0 Å². The van der Waals surface area contributed by atoms with Crippen molar-refractivity contribution in [1.29, 1.82) is 0 Å². The summed E-state index contributed by atoms with van der Waals surface area (Å²) in [6, 6.07) is 2.06. The van der Waals surface area contributed by atoms with Crippen molar-refractivity contribution in [3.8, 4) is 5.75 Å². The molecule has 0 atom stereocenters. The van der Waals surface area contributed by atoms with Crippen LogP contribution >= 0.6 is 15.9 Å². The van der Waals surface area contributed by atoms with Crippen LogP contribution < -0.4 is 10.1 Å². The van der Waals surface area contributed by atoms with Gasteiger partial charge in [0.05, 0.1) is 11.6 Å². The number of hydrogen-bond acceptors (Lipinski definition) is 2. The number of rotatable bonds is 1. The first-order chi connectivity index (χ1) is 6.24. The third-order valence-corrected chi connectivity index (χ3v) is 3.29. The van der Waals surface area contributed by atoms with Gasteiger partial charge in [-0.15, -0.1) is 0 Å². The number of halogens is 1. The molecule has 1 aliphatic rings. The molecular formula is C10H12BrNO. The molecule has 2 rings (SSSR count). The number of methoxy groups -OCH3 is 1. The summed E-state index contributed by atoms with van der Waals surface area (Å²) in [5, 5.41) is 3.37. The summed E-state index contributed by atoms with van der Waals surface area (Å²) in [5.74, 6) is 0.931.